The third kappa shape index (κ3) is 3.47. The molecule has 0 aliphatic rings. The molecule has 2 rings (SSSR count). The molecule has 6 nitrogen and oxygen atoms in total. The van der Waals surface area contributed by atoms with Gasteiger partial charge < -0.3 is 10.5 Å². The van der Waals surface area contributed by atoms with Crippen LogP contribution in [0.4, 0.5) is 4.39 Å². The number of hydrogen-bond donors (Lipinski definition) is 1. The number of hydrogen-bond acceptors (Lipinski definition) is 5. The zero-order chi connectivity index (χ0) is 13.8. The van der Waals surface area contributed by atoms with Crippen LogP contribution in [0, 0.1) is 5.82 Å². The first kappa shape index (κ1) is 13.4. The summed E-state index contributed by atoms with van der Waals surface area (Å²) in [5.74, 6) is 0.187. The monoisotopic (exact) mass is 265 g/mol. The molecule has 1 atom stereocenters. The van der Waals surface area contributed by atoms with Crippen LogP contribution in [0.15, 0.2) is 18.2 Å². The van der Waals surface area contributed by atoms with Crippen LogP contribution in [-0.4, -0.2) is 26.2 Å². The number of nitrogens with two attached hydrogens (primary N) is 1. The van der Waals surface area contributed by atoms with E-state index in [4.69, 9.17) is 10.5 Å². The van der Waals surface area contributed by atoms with Crippen molar-refractivity contribution in [2.75, 3.05) is 0 Å². The molecule has 102 valence electrons. The third-order valence-corrected chi connectivity index (χ3v) is 2.49. The largest absolute Gasteiger partial charge is 0.482 e. The van der Waals surface area contributed by atoms with Crippen LogP contribution in [0.3, 0.4) is 0 Å². The Bertz CT molecular complexity index is 555. The van der Waals surface area contributed by atoms with Gasteiger partial charge in [0.2, 0.25) is 5.82 Å². The number of para-hydroxylation sites is 1. The van der Waals surface area contributed by atoms with E-state index in [-0.39, 0.29) is 18.4 Å². The van der Waals surface area contributed by atoms with Crippen LogP contribution in [-0.2, 0) is 20.1 Å². The number of nitrogens with zero attached hydrogens (tertiary/aromatic N) is 4. The number of halogens is 1. The minimum absolute atomic E-state index is 0.0702. The fraction of sp³-hybridized carbons (Fsp3) is 0.417. The Balaban J connectivity index is 2.14. The lowest BCUT2D eigenvalue weighted by Gasteiger charge is -2.12. The van der Waals surface area contributed by atoms with Crippen molar-refractivity contribution >= 4 is 0 Å². The molecule has 7 heteroatoms. The molecule has 0 saturated heterocycles. The van der Waals surface area contributed by atoms with E-state index in [0.29, 0.717) is 12.2 Å². The van der Waals surface area contributed by atoms with E-state index in [9.17, 15) is 4.39 Å². The maximum atomic E-state index is 13.8. The lowest BCUT2D eigenvalue weighted by atomic mass is 10.1. The summed E-state index contributed by atoms with van der Waals surface area (Å²) in [7, 11) is 1.65. The van der Waals surface area contributed by atoms with Crippen molar-refractivity contribution in [2.45, 2.75) is 26.0 Å². The van der Waals surface area contributed by atoms with Crippen LogP contribution in [0.25, 0.3) is 0 Å². The van der Waals surface area contributed by atoms with Gasteiger partial charge in [-0.25, -0.2) is 4.39 Å². The highest BCUT2D eigenvalue weighted by molar-refractivity contribution is 5.35. The summed E-state index contributed by atoms with van der Waals surface area (Å²) in [5.41, 5.74) is 6.47. The van der Waals surface area contributed by atoms with Crippen molar-refractivity contribution < 1.29 is 9.13 Å². The van der Waals surface area contributed by atoms with Gasteiger partial charge in [-0.3, -0.25) is 0 Å². The molecule has 0 aliphatic heterocycles. The predicted molar refractivity (Wildman–Crippen MR) is 66.9 cm³/mol. The molecule has 2 N–H and O–H groups in total. The number of rotatable bonds is 5. The van der Waals surface area contributed by atoms with Crippen LogP contribution >= 0.6 is 0 Å². The molecule has 1 heterocycles. The van der Waals surface area contributed by atoms with Gasteiger partial charge in [-0.15, -0.1) is 10.2 Å². The molecule has 0 saturated carbocycles. The normalized spacial score (nSPS) is 12.4. The average Bonchev–Trinajstić information content (AvgIpc) is 2.73. The van der Waals surface area contributed by atoms with E-state index in [2.05, 4.69) is 15.4 Å². The quantitative estimate of drug-likeness (QED) is 0.865. The average molecular weight is 265 g/mol. The highest BCUT2D eigenvalue weighted by Crippen LogP contribution is 2.24. The highest BCUT2D eigenvalue weighted by Gasteiger charge is 2.12. The van der Waals surface area contributed by atoms with Gasteiger partial charge in [-0.2, -0.15) is 4.80 Å². The van der Waals surface area contributed by atoms with Crippen molar-refractivity contribution in [3.8, 4) is 5.75 Å². The van der Waals surface area contributed by atoms with Crippen LogP contribution in [0.5, 0.6) is 5.75 Å². The second-order valence-corrected chi connectivity index (χ2v) is 4.39. The van der Waals surface area contributed by atoms with Crippen molar-refractivity contribution in [3.05, 3.63) is 35.4 Å². The molecule has 1 unspecified atom stereocenters. The molecule has 0 spiro atoms. The fourth-order valence-electron chi connectivity index (χ4n) is 1.74. The zero-order valence-corrected chi connectivity index (χ0v) is 10.9. The van der Waals surface area contributed by atoms with Gasteiger partial charge in [0.1, 0.15) is 0 Å². The van der Waals surface area contributed by atoms with E-state index in [1.165, 1.54) is 10.9 Å². The van der Waals surface area contributed by atoms with Gasteiger partial charge in [-0.1, -0.05) is 12.1 Å². The van der Waals surface area contributed by atoms with Crippen LogP contribution in [0.1, 0.15) is 18.3 Å². The summed E-state index contributed by atoms with van der Waals surface area (Å²) in [6, 6.07) is 4.72. The lowest BCUT2D eigenvalue weighted by Crippen LogP contribution is -2.18. The molecule has 0 aliphatic carbocycles. The van der Waals surface area contributed by atoms with Crippen molar-refractivity contribution in [2.24, 2.45) is 12.8 Å². The van der Waals surface area contributed by atoms with Crippen LogP contribution < -0.4 is 10.5 Å². The maximum Gasteiger partial charge on any atom is 0.212 e. The number of benzene rings is 1. The van der Waals surface area contributed by atoms with Gasteiger partial charge >= 0.3 is 0 Å². The summed E-state index contributed by atoms with van der Waals surface area (Å²) >= 11 is 0. The van der Waals surface area contributed by atoms with Crippen LogP contribution in [0.2, 0.25) is 0 Å². The summed E-state index contributed by atoms with van der Waals surface area (Å²) in [6.07, 6.45) is 0.543. The molecule has 1 aromatic carbocycles. The Morgan fingerprint density at radius 3 is 2.89 bits per heavy atom. The van der Waals surface area contributed by atoms with Crippen molar-refractivity contribution in [3.63, 3.8) is 0 Å². The summed E-state index contributed by atoms with van der Waals surface area (Å²) in [5, 5.41) is 11.4. The molecule has 19 heavy (non-hydrogen) atoms. The molecule has 0 bridgehead atoms. The summed E-state index contributed by atoms with van der Waals surface area (Å²) in [6.45, 7) is 1.93. The Kier molecular flexibility index (Phi) is 4.06. The van der Waals surface area contributed by atoms with Gasteiger partial charge in [0.25, 0.3) is 0 Å². The molecule has 1 aromatic heterocycles. The van der Waals surface area contributed by atoms with Gasteiger partial charge in [0, 0.05) is 6.04 Å². The van der Waals surface area contributed by atoms with E-state index >= 15 is 0 Å². The lowest BCUT2D eigenvalue weighted by molar-refractivity contribution is 0.277. The first-order valence-electron chi connectivity index (χ1n) is 5.95. The molecule has 0 fully saturated rings. The molecular formula is C12H16FN5O. The van der Waals surface area contributed by atoms with Crippen molar-refractivity contribution in [1.82, 2.24) is 20.2 Å². The molecule has 2 aromatic rings. The van der Waals surface area contributed by atoms with Gasteiger partial charge in [-0.05, 0) is 30.2 Å². The number of ether oxygens (including phenoxy) is 1. The topological polar surface area (TPSA) is 78.9 Å². The Morgan fingerprint density at radius 1 is 1.47 bits per heavy atom. The SMILES string of the molecule is CC(N)Cc1cccc(F)c1OCc1nnn(C)n1. The second-order valence-electron chi connectivity index (χ2n) is 4.39. The minimum atomic E-state index is -0.415. The Labute approximate surface area is 110 Å². The van der Waals surface area contributed by atoms with Gasteiger partial charge in [0.05, 0.1) is 7.05 Å². The number of aromatic nitrogens is 4. The minimum Gasteiger partial charge on any atom is -0.482 e. The summed E-state index contributed by atoms with van der Waals surface area (Å²) < 4.78 is 19.2. The first-order valence-corrected chi connectivity index (χ1v) is 5.95. The first-order chi connectivity index (χ1) is 9.06. The molecule has 0 amide bonds. The van der Waals surface area contributed by atoms with Crippen molar-refractivity contribution in [1.29, 1.82) is 0 Å². The number of aryl methyl sites for hydroxylation is 1. The fourth-order valence-corrected chi connectivity index (χ4v) is 1.74. The Hall–Kier alpha value is -2.02. The van der Waals surface area contributed by atoms with E-state index in [1.807, 2.05) is 6.92 Å². The predicted octanol–water partition coefficient (Wildman–Crippen LogP) is 0.818. The van der Waals surface area contributed by atoms with E-state index in [1.54, 1.807) is 19.2 Å². The molecular weight excluding hydrogens is 249 g/mol. The van der Waals surface area contributed by atoms with E-state index < -0.39 is 5.82 Å². The van der Waals surface area contributed by atoms with E-state index in [0.717, 1.165) is 5.56 Å². The number of tetrazole rings is 1. The highest BCUT2D eigenvalue weighted by atomic mass is 19.1. The molecule has 0 radical (unpaired) electrons. The zero-order valence-electron chi connectivity index (χ0n) is 10.9. The second kappa shape index (κ2) is 5.75. The smallest absolute Gasteiger partial charge is 0.212 e. The maximum absolute atomic E-state index is 13.8. The Morgan fingerprint density at radius 2 is 2.26 bits per heavy atom. The van der Waals surface area contributed by atoms with Gasteiger partial charge in [0.15, 0.2) is 18.2 Å². The summed E-state index contributed by atoms with van der Waals surface area (Å²) in [4.78, 5) is 1.32. The third-order valence-electron chi connectivity index (χ3n) is 2.49. The standard InChI is InChI=1S/C12H16FN5O/c1-8(14)6-9-4-3-5-10(13)12(9)19-7-11-15-17-18(2)16-11/h3-5,8H,6-7,14H2,1-2H3.